The van der Waals surface area contributed by atoms with Gasteiger partial charge in [0.05, 0.1) is 18.9 Å². The van der Waals surface area contributed by atoms with E-state index in [0.29, 0.717) is 11.8 Å². The van der Waals surface area contributed by atoms with Crippen LogP contribution in [0.4, 0.5) is 5.69 Å². The number of hydrogen-bond donors (Lipinski definition) is 2. The van der Waals surface area contributed by atoms with E-state index in [1.54, 1.807) is 7.11 Å². The fourth-order valence-corrected chi connectivity index (χ4v) is 5.82. The van der Waals surface area contributed by atoms with Gasteiger partial charge < -0.3 is 15.6 Å². The number of nitrogens with two attached hydrogens (primary N) is 1. The number of hydrogen-bond acceptors (Lipinski definition) is 3. The van der Waals surface area contributed by atoms with E-state index in [1.807, 2.05) is 6.07 Å². The zero-order valence-corrected chi connectivity index (χ0v) is 13.6. The average Bonchev–Trinajstić information content (AvgIpc) is 2.83. The topological polar surface area (TPSA) is 55.5 Å². The molecular weight excluding hydrogens is 274 g/mol. The van der Waals surface area contributed by atoms with Crippen molar-refractivity contribution in [3.63, 3.8) is 0 Å². The Morgan fingerprint density at radius 3 is 2.82 bits per heavy atom. The maximum absolute atomic E-state index is 10.4. The second-order valence-electron chi connectivity index (χ2n) is 7.80. The van der Waals surface area contributed by atoms with E-state index < -0.39 is 0 Å². The molecule has 0 unspecified atom stereocenters. The molecule has 120 valence electrons. The van der Waals surface area contributed by atoms with Crippen molar-refractivity contribution in [2.75, 3.05) is 12.8 Å². The lowest BCUT2D eigenvalue weighted by atomic mass is 9.55. The number of methoxy groups -OCH3 is 1. The summed E-state index contributed by atoms with van der Waals surface area (Å²) >= 11 is 0. The molecule has 4 rings (SSSR count). The first-order chi connectivity index (χ1) is 10.6. The number of rotatable bonds is 1. The summed E-state index contributed by atoms with van der Waals surface area (Å²) in [6, 6.07) is 4.28. The van der Waals surface area contributed by atoms with Crippen LogP contribution in [0.5, 0.6) is 5.75 Å². The van der Waals surface area contributed by atoms with E-state index in [0.717, 1.165) is 36.6 Å². The van der Waals surface area contributed by atoms with E-state index in [2.05, 4.69) is 13.0 Å². The second kappa shape index (κ2) is 4.89. The molecule has 0 bridgehead atoms. The van der Waals surface area contributed by atoms with Crippen molar-refractivity contribution in [1.82, 2.24) is 0 Å². The van der Waals surface area contributed by atoms with Crippen LogP contribution in [0.15, 0.2) is 12.1 Å². The molecule has 22 heavy (non-hydrogen) atoms. The van der Waals surface area contributed by atoms with E-state index in [1.165, 1.54) is 30.4 Å². The highest BCUT2D eigenvalue weighted by atomic mass is 16.5. The molecule has 3 aliphatic rings. The fourth-order valence-electron chi connectivity index (χ4n) is 5.82. The second-order valence-corrected chi connectivity index (χ2v) is 7.80. The van der Waals surface area contributed by atoms with Crippen LogP contribution in [0.1, 0.15) is 56.1 Å². The Bertz CT molecular complexity index is 599. The number of fused-ring (bicyclic) bond motifs is 5. The Labute approximate surface area is 132 Å². The standard InChI is InChI=1S/C19H27NO2/c1-19-10-9-12-11-5-7-16(22-2)18(20)14(11)4-3-13(12)15(19)6-8-17(19)21/h5,7,12-13,15,17,21H,3-4,6,8-10,20H2,1-2H3/t12-,13-,15-,17-,19+/m0/s1. The third kappa shape index (κ3) is 1.78. The summed E-state index contributed by atoms with van der Waals surface area (Å²) in [7, 11) is 1.69. The van der Waals surface area contributed by atoms with E-state index in [9.17, 15) is 5.11 Å². The molecule has 2 saturated carbocycles. The molecule has 0 aromatic heterocycles. The number of ether oxygens (including phenoxy) is 1. The Morgan fingerprint density at radius 1 is 1.23 bits per heavy atom. The molecule has 3 aliphatic carbocycles. The molecule has 0 heterocycles. The van der Waals surface area contributed by atoms with Crippen molar-refractivity contribution >= 4 is 5.69 Å². The molecule has 0 amide bonds. The summed E-state index contributed by atoms with van der Waals surface area (Å²) in [5.41, 5.74) is 10.1. The molecule has 5 atom stereocenters. The minimum Gasteiger partial charge on any atom is -0.495 e. The van der Waals surface area contributed by atoms with E-state index in [4.69, 9.17) is 10.5 Å². The molecule has 0 saturated heterocycles. The lowest BCUT2D eigenvalue weighted by Crippen LogP contribution is -2.44. The molecule has 3 nitrogen and oxygen atoms in total. The van der Waals surface area contributed by atoms with E-state index in [-0.39, 0.29) is 11.5 Å². The molecule has 1 aromatic carbocycles. The summed E-state index contributed by atoms with van der Waals surface area (Å²) in [5.74, 6) is 2.84. The highest BCUT2D eigenvalue weighted by Crippen LogP contribution is 2.61. The van der Waals surface area contributed by atoms with Gasteiger partial charge in [-0.2, -0.15) is 0 Å². The molecule has 1 aromatic rings. The normalized spacial score (nSPS) is 39.8. The van der Waals surface area contributed by atoms with Gasteiger partial charge in [-0.1, -0.05) is 13.0 Å². The van der Waals surface area contributed by atoms with Gasteiger partial charge >= 0.3 is 0 Å². The number of aliphatic hydroxyl groups is 1. The Morgan fingerprint density at radius 2 is 2.05 bits per heavy atom. The van der Waals surface area contributed by atoms with Crippen molar-refractivity contribution < 1.29 is 9.84 Å². The number of benzene rings is 1. The molecular formula is C19H27NO2. The quantitative estimate of drug-likeness (QED) is 0.781. The first-order valence-corrected chi connectivity index (χ1v) is 8.69. The molecule has 3 heteroatoms. The van der Waals surface area contributed by atoms with Gasteiger partial charge in [-0.3, -0.25) is 0 Å². The first-order valence-electron chi connectivity index (χ1n) is 8.69. The summed E-state index contributed by atoms with van der Waals surface area (Å²) < 4.78 is 5.39. The smallest absolute Gasteiger partial charge is 0.142 e. The number of aliphatic hydroxyl groups excluding tert-OH is 1. The highest BCUT2D eigenvalue weighted by Gasteiger charge is 2.54. The predicted molar refractivity (Wildman–Crippen MR) is 88.0 cm³/mol. The van der Waals surface area contributed by atoms with Gasteiger partial charge in [0.2, 0.25) is 0 Å². The van der Waals surface area contributed by atoms with Crippen LogP contribution in [0.3, 0.4) is 0 Å². The van der Waals surface area contributed by atoms with Gasteiger partial charge in [0.1, 0.15) is 5.75 Å². The predicted octanol–water partition coefficient (Wildman–Crippen LogP) is 3.49. The van der Waals surface area contributed by atoms with Crippen LogP contribution in [0.2, 0.25) is 0 Å². The largest absolute Gasteiger partial charge is 0.495 e. The maximum atomic E-state index is 10.4. The molecule has 0 aliphatic heterocycles. The zero-order chi connectivity index (χ0) is 15.5. The van der Waals surface area contributed by atoms with Crippen LogP contribution in [-0.4, -0.2) is 18.3 Å². The monoisotopic (exact) mass is 301 g/mol. The Hall–Kier alpha value is -1.22. The fraction of sp³-hybridized carbons (Fsp3) is 0.684. The van der Waals surface area contributed by atoms with Crippen molar-refractivity contribution in [1.29, 1.82) is 0 Å². The average molecular weight is 301 g/mol. The molecule has 0 radical (unpaired) electrons. The zero-order valence-electron chi connectivity index (χ0n) is 13.6. The Balaban J connectivity index is 1.72. The van der Waals surface area contributed by atoms with Gasteiger partial charge in [0.15, 0.2) is 0 Å². The van der Waals surface area contributed by atoms with Crippen molar-refractivity contribution in [2.24, 2.45) is 17.3 Å². The minimum atomic E-state index is -0.0965. The molecule has 3 N–H and O–H groups in total. The summed E-state index contributed by atoms with van der Waals surface area (Å²) in [5, 5.41) is 10.4. The third-order valence-electron chi connectivity index (χ3n) is 7.09. The lowest BCUT2D eigenvalue weighted by molar-refractivity contribution is -0.0225. The van der Waals surface area contributed by atoms with Crippen LogP contribution in [0, 0.1) is 17.3 Å². The SMILES string of the molecule is COc1ccc2c(c1N)CC[C@H]1[C@H]2CC[C@@]2(C)[C@@H](O)CC[C@@H]12. The summed E-state index contributed by atoms with van der Waals surface area (Å²) in [4.78, 5) is 0. The van der Waals surface area contributed by atoms with Gasteiger partial charge in [-0.05, 0) is 78.9 Å². The van der Waals surface area contributed by atoms with Crippen LogP contribution in [-0.2, 0) is 6.42 Å². The van der Waals surface area contributed by atoms with Gasteiger partial charge in [-0.25, -0.2) is 0 Å². The maximum Gasteiger partial charge on any atom is 0.142 e. The molecule has 2 fully saturated rings. The van der Waals surface area contributed by atoms with Crippen molar-refractivity contribution in [3.8, 4) is 5.75 Å². The van der Waals surface area contributed by atoms with E-state index >= 15 is 0 Å². The number of anilines is 1. The van der Waals surface area contributed by atoms with Crippen LogP contribution < -0.4 is 10.5 Å². The minimum absolute atomic E-state index is 0.0965. The summed E-state index contributed by atoms with van der Waals surface area (Å²) in [6.07, 6.45) is 6.69. The van der Waals surface area contributed by atoms with Crippen molar-refractivity contribution in [2.45, 2.75) is 57.5 Å². The highest BCUT2D eigenvalue weighted by molar-refractivity contribution is 5.63. The van der Waals surface area contributed by atoms with Gasteiger partial charge in [0.25, 0.3) is 0 Å². The third-order valence-corrected chi connectivity index (χ3v) is 7.09. The van der Waals surface area contributed by atoms with Crippen molar-refractivity contribution in [3.05, 3.63) is 23.3 Å². The molecule has 0 spiro atoms. The Kier molecular flexibility index (Phi) is 3.19. The number of nitrogen functional groups attached to an aromatic ring is 1. The van der Waals surface area contributed by atoms with Gasteiger partial charge in [0, 0.05) is 0 Å². The van der Waals surface area contributed by atoms with Crippen LogP contribution in [0.25, 0.3) is 0 Å². The first kappa shape index (κ1) is 14.4. The lowest BCUT2D eigenvalue weighted by Gasteiger charge is -2.50. The van der Waals surface area contributed by atoms with Crippen LogP contribution >= 0.6 is 0 Å². The van der Waals surface area contributed by atoms with Gasteiger partial charge in [-0.15, -0.1) is 0 Å². The summed E-state index contributed by atoms with van der Waals surface area (Å²) in [6.45, 7) is 2.32.